The second-order valence-electron chi connectivity index (χ2n) is 4.44. The van der Waals surface area contributed by atoms with Gasteiger partial charge in [0.15, 0.2) is 0 Å². The Labute approximate surface area is 129 Å². The summed E-state index contributed by atoms with van der Waals surface area (Å²) in [7, 11) is -3.81. The second-order valence-corrected chi connectivity index (χ2v) is 6.12. The predicted molar refractivity (Wildman–Crippen MR) is 84.1 cm³/mol. The van der Waals surface area contributed by atoms with Crippen molar-refractivity contribution in [3.05, 3.63) is 54.1 Å². The highest BCUT2D eigenvalue weighted by molar-refractivity contribution is 7.92. The van der Waals surface area contributed by atoms with E-state index in [0.29, 0.717) is 5.69 Å². The summed E-state index contributed by atoms with van der Waals surface area (Å²) in [6.07, 6.45) is 0. The number of carbonyl (C=O) groups is 1. The zero-order valence-electron chi connectivity index (χ0n) is 11.9. The van der Waals surface area contributed by atoms with Crippen LogP contribution in [-0.2, 0) is 14.8 Å². The summed E-state index contributed by atoms with van der Waals surface area (Å²) in [6, 6.07) is 12.0. The van der Waals surface area contributed by atoms with E-state index in [-0.39, 0.29) is 22.8 Å². The first-order valence-electron chi connectivity index (χ1n) is 6.58. The van der Waals surface area contributed by atoms with Crippen molar-refractivity contribution in [1.82, 2.24) is 0 Å². The summed E-state index contributed by atoms with van der Waals surface area (Å²) < 4.78 is 32.0. The molecule has 0 amide bonds. The summed E-state index contributed by atoms with van der Waals surface area (Å²) in [4.78, 5) is 11.9. The number of hydrogen-bond acceptors (Lipinski definition) is 5. The molecule has 7 heteroatoms. The monoisotopic (exact) mass is 320 g/mol. The third-order valence-corrected chi connectivity index (χ3v) is 4.24. The van der Waals surface area contributed by atoms with Crippen molar-refractivity contribution in [2.24, 2.45) is 0 Å². The largest absolute Gasteiger partial charge is 0.462 e. The van der Waals surface area contributed by atoms with Crippen LogP contribution in [0.2, 0.25) is 0 Å². The maximum Gasteiger partial charge on any atom is 0.340 e. The fraction of sp³-hybridized carbons (Fsp3) is 0.133. The van der Waals surface area contributed by atoms with Crippen LogP contribution in [0.1, 0.15) is 17.3 Å². The molecule has 0 aliphatic heterocycles. The zero-order chi connectivity index (χ0) is 16.2. The van der Waals surface area contributed by atoms with Crippen molar-refractivity contribution in [2.45, 2.75) is 11.8 Å². The van der Waals surface area contributed by atoms with Crippen LogP contribution in [0.15, 0.2) is 53.4 Å². The Morgan fingerprint density at radius 1 is 1.14 bits per heavy atom. The maximum atomic E-state index is 12.3. The van der Waals surface area contributed by atoms with Gasteiger partial charge < -0.3 is 10.5 Å². The molecule has 0 saturated carbocycles. The minimum Gasteiger partial charge on any atom is -0.462 e. The number of rotatable bonds is 5. The molecule has 6 nitrogen and oxygen atoms in total. The minimum absolute atomic E-state index is 0.0559. The van der Waals surface area contributed by atoms with E-state index < -0.39 is 16.0 Å². The molecular formula is C15H16N2O4S. The Kier molecular flexibility index (Phi) is 4.67. The summed E-state index contributed by atoms with van der Waals surface area (Å²) in [6.45, 7) is 1.89. The molecule has 0 bridgehead atoms. The van der Waals surface area contributed by atoms with Crippen molar-refractivity contribution in [3.8, 4) is 0 Å². The van der Waals surface area contributed by atoms with E-state index in [1.165, 1.54) is 36.4 Å². The van der Waals surface area contributed by atoms with Gasteiger partial charge >= 0.3 is 5.97 Å². The molecule has 2 aromatic carbocycles. The normalized spacial score (nSPS) is 11.0. The molecular weight excluding hydrogens is 304 g/mol. The average Bonchev–Trinajstić information content (AvgIpc) is 2.48. The smallest absolute Gasteiger partial charge is 0.340 e. The van der Waals surface area contributed by atoms with Gasteiger partial charge in [0.25, 0.3) is 10.0 Å². The Bertz CT molecular complexity index is 770. The third kappa shape index (κ3) is 3.56. The van der Waals surface area contributed by atoms with Crippen molar-refractivity contribution in [1.29, 1.82) is 0 Å². The molecule has 0 heterocycles. The molecule has 2 aromatic rings. The summed E-state index contributed by atoms with van der Waals surface area (Å²) >= 11 is 0. The van der Waals surface area contributed by atoms with Gasteiger partial charge in [0.1, 0.15) is 0 Å². The molecule has 0 saturated heterocycles. The summed E-state index contributed by atoms with van der Waals surface area (Å²) in [5, 5.41) is 0. The van der Waals surface area contributed by atoms with Crippen LogP contribution in [0.25, 0.3) is 0 Å². The molecule has 2 rings (SSSR count). The van der Waals surface area contributed by atoms with Crippen LogP contribution in [0.5, 0.6) is 0 Å². The lowest BCUT2D eigenvalue weighted by Gasteiger charge is -2.12. The average molecular weight is 320 g/mol. The molecule has 0 fully saturated rings. The zero-order valence-corrected chi connectivity index (χ0v) is 12.8. The standard InChI is InChI=1S/C15H16N2O4S/c1-2-21-15(18)13-5-3-4-6-14(13)17-22(19,20)12-9-7-11(16)8-10-12/h3-10,17H,2,16H2,1H3. The number of benzene rings is 2. The Morgan fingerprint density at radius 3 is 2.41 bits per heavy atom. The van der Waals surface area contributed by atoms with E-state index in [9.17, 15) is 13.2 Å². The maximum absolute atomic E-state index is 12.3. The van der Waals surface area contributed by atoms with Crippen LogP contribution < -0.4 is 10.5 Å². The lowest BCUT2D eigenvalue weighted by molar-refractivity contribution is 0.0527. The van der Waals surface area contributed by atoms with Crippen LogP contribution in [-0.4, -0.2) is 21.0 Å². The van der Waals surface area contributed by atoms with Gasteiger partial charge in [-0.1, -0.05) is 12.1 Å². The predicted octanol–water partition coefficient (Wildman–Crippen LogP) is 2.25. The van der Waals surface area contributed by atoms with Crippen LogP contribution in [0, 0.1) is 0 Å². The van der Waals surface area contributed by atoms with E-state index >= 15 is 0 Å². The number of para-hydroxylation sites is 1. The highest BCUT2D eigenvalue weighted by atomic mass is 32.2. The van der Waals surface area contributed by atoms with Crippen molar-refractivity contribution >= 4 is 27.4 Å². The van der Waals surface area contributed by atoms with Gasteiger partial charge in [0.2, 0.25) is 0 Å². The first-order valence-corrected chi connectivity index (χ1v) is 8.07. The third-order valence-electron chi connectivity index (χ3n) is 2.86. The summed E-state index contributed by atoms with van der Waals surface area (Å²) in [5.74, 6) is -0.585. The number of carbonyl (C=O) groups excluding carboxylic acids is 1. The van der Waals surface area contributed by atoms with Crippen molar-refractivity contribution in [3.63, 3.8) is 0 Å². The highest BCUT2D eigenvalue weighted by Gasteiger charge is 2.18. The summed E-state index contributed by atoms with van der Waals surface area (Å²) in [5.41, 5.74) is 6.33. The first-order chi connectivity index (χ1) is 10.4. The Hall–Kier alpha value is -2.54. The Morgan fingerprint density at radius 2 is 1.77 bits per heavy atom. The number of nitrogen functional groups attached to an aromatic ring is 1. The Balaban J connectivity index is 2.34. The number of ether oxygens (including phenoxy) is 1. The highest BCUT2D eigenvalue weighted by Crippen LogP contribution is 2.21. The molecule has 116 valence electrons. The fourth-order valence-corrected chi connectivity index (χ4v) is 2.89. The van der Waals surface area contributed by atoms with Gasteiger partial charge in [-0.15, -0.1) is 0 Å². The number of hydrogen-bond donors (Lipinski definition) is 2. The second kappa shape index (κ2) is 6.48. The lowest BCUT2D eigenvalue weighted by Crippen LogP contribution is -2.16. The van der Waals surface area contributed by atoms with Crippen molar-refractivity contribution < 1.29 is 17.9 Å². The lowest BCUT2D eigenvalue weighted by atomic mass is 10.2. The van der Waals surface area contributed by atoms with Gasteiger partial charge in [0.05, 0.1) is 22.8 Å². The van der Waals surface area contributed by atoms with E-state index in [0.717, 1.165) is 0 Å². The van der Waals surface area contributed by atoms with Crippen LogP contribution in [0.4, 0.5) is 11.4 Å². The first kappa shape index (κ1) is 15.8. The van der Waals surface area contributed by atoms with Crippen LogP contribution in [0.3, 0.4) is 0 Å². The quantitative estimate of drug-likeness (QED) is 0.650. The number of anilines is 2. The molecule has 0 atom stereocenters. The number of esters is 1. The molecule has 22 heavy (non-hydrogen) atoms. The van der Waals surface area contributed by atoms with E-state index in [1.807, 2.05) is 0 Å². The SMILES string of the molecule is CCOC(=O)c1ccccc1NS(=O)(=O)c1ccc(N)cc1. The van der Waals surface area contributed by atoms with E-state index in [2.05, 4.69) is 4.72 Å². The van der Waals surface area contributed by atoms with Gasteiger partial charge in [-0.05, 0) is 43.3 Å². The minimum atomic E-state index is -3.81. The molecule has 0 radical (unpaired) electrons. The molecule has 3 N–H and O–H groups in total. The van der Waals surface area contributed by atoms with E-state index in [1.54, 1.807) is 19.1 Å². The number of nitrogens with one attached hydrogen (secondary N) is 1. The number of nitrogens with two attached hydrogens (primary N) is 1. The topological polar surface area (TPSA) is 98.5 Å². The van der Waals surface area contributed by atoms with Gasteiger partial charge in [-0.25, -0.2) is 13.2 Å². The molecule has 0 aliphatic carbocycles. The van der Waals surface area contributed by atoms with Gasteiger partial charge in [-0.3, -0.25) is 4.72 Å². The molecule has 0 aromatic heterocycles. The van der Waals surface area contributed by atoms with Crippen molar-refractivity contribution in [2.75, 3.05) is 17.1 Å². The van der Waals surface area contributed by atoms with Gasteiger partial charge in [0, 0.05) is 5.69 Å². The van der Waals surface area contributed by atoms with Gasteiger partial charge in [-0.2, -0.15) is 0 Å². The fourth-order valence-electron chi connectivity index (χ4n) is 1.81. The molecule has 0 aliphatic rings. The molecule has 0 spiro atoms. The van der Waals surface area contributed by atoms with Crippen LogP contribution >= 0.6 is 0 Å². The molecule has 0 unspecified atom stereocenters. The van der Waals surface area contributed by atoms with E-state index in [4.69, 9.17) is 10.5 Å². The number of sulfonamides is 1.